The molecule has 0 fully saturated rings. The Kier molecular flexibility index (Phi) is 4.96. The number of rotatable bonds is 6. The monoisotopic (exact) mass is 406 g/mol. The third kappa shape index (κ3) is 3.45. The van der Waals surface area contributed by atoms with E-state index >= 15 is 0 Å². The van der Waals surface area contributed by atoms with Crippen LogP contribution in [0.2, 0.25) is 0 Å². The topological polar surface area (TPSA) is 75.3 Å². The van der Waals surface area contributed by atoms with Crippen LogP contribution in [0.4, 0.5) is 4.39 Å². The number of fused-ring (bicyclic) bond motifs is 2. The van der Waals surface area contributed by atoms with Crippen LogP contribution in [0.1, 0.15) is 30.3 Å². The summed E-state index contributed by atoms with van der Waals surface area (Å²) >= 11 is 0. The second-order valence-electron chi connectivity index (χ2n) is 7.47. The van der Waals surface area contributed by atoms with Gasteiger partial charge in [0.15, 0.2) is 6.17 Å². The van der Waals surface area contributed by atoms with E-state index < -0.39 is 6.17 Å². The maximum absolute atomic E-state index is 14.9. The van der Waals surface area contributed by atoms with E-state index in [1.165, 1.54) is 0 Å². The molecule has 2 N–H and O–H groups in total. The fourth-order valence-corrected chi connectivity index (χ4v) is 4.09. The molecule has 5 rings (SSSR count). The molecule has 1 aliphatic heterocycles. The Labute approximate surface area is 172 Å². The molecule has 0 spiro atoms. The van der Waals surface area contributed by atoms with Gasteiger partial charge in [-0.1, -0.05) is 24.3 Å². The lowest BCUT2D eigenvalue weighted by Crippen LogP contribution is -2.30. The van der Waals surface area contributed by atoms with Crippen molar-refractivity contribution in [2.24, 2.45) is 4.99 Å². The number of halogens is 1. The molecular weight excluding hydrogens is 383 g/mol. The first-order valence-corrected chi connectivity index (χ1v) is 10.1. The molecule has 0 bridgehead atoms. The zero-order valence-electron chi connectivity index (χ0n) is 16.7. The molecule has 2 aromatic heterocycles. The Morgan fingerprint density at radius 3 is 3.00 bits per heavy atom. The summed E-state index contributed by atoms with van der Waals surface area (Å²) in [6, 6.07) is 7.76. The molecule has 7 heteroatoms. The average molecular weight is 406 g/mol. The first-order chi connectivity index (χ1) is 14.7. The minimum Gasteiger partial charge on any atom is -0.487 e. The summed E-state index contributed by atoms with van der Waals surface area (Å²) in [7, 11) is 1.65. The van der Waals surface area contributed by atoms with E-state index in [0.29, 0.717) is 11.6 Å². The zero-order chi connectivity index (χ0) is 20.5. The molecule has 30 heavy (non-hydrogen) atoms. The maximum Gasteiger partial charge on any atom is 0.161 e. The standard InChI is InChI=1S/C23H23FN4O2/c1-29-22(16-12-26-23-15(16)5-4-10-25-23)14-8-9-20(17(24)11-14)30-13-21-27-18-6-2-3-7-19(18)28-21/h2-3,5-9,12,17,22H,4,10-11,13H2,1H3,(H,25,26)(H,27,28). The highest BCUT2D eigenvalue weighted by Crippen LogP contribution is 2.33. The number of allylic oxidation sites excluding steroid dienone is 3. The molecule has 2 aliphatic rings. The number of para-hydroxylation sites is 2. The number of nitrogens with one attached hydrogen (secondary N) is 2. The van der Waals surface area contributed by atoms with Gasteiger partial charge in [0, 0.05) is 37.1 Å². The molecule has 2 unspecified atom stereocenters. The van der Waals surface area contributed by atoms with Gasteiger partial charge in [0.05, 0.1) is 11.0 Å². The van der Waals surface area contributed by atoms with Crippen LogP contribution >= 0.6 is 0 Å². The number of imidazole rings is 1. The first kappa shape index (κ1) is 18.8. The van der Waals surface area contributed by atoms with Crippen LogP contribution in [0.25, 0.3) is 17.1 Å². The highest BCUT2D eigenvalue weighted by atomic mass is 19.1. The summed E-state index contributed by atoms with van der Waals surface area (Å²) in [4.78, 5) is 15.4. The fraction of sp³-hybridized carbons (Fsp3) is 0.304. The van der Waals surface area contributed by atoms with Crippen molar-refractivity contribution in [3.05, 3.63) is 76.0 Å². The quantitative estimate of drug-likeness (QED) is 0.660. The Hall–Kier alpha value is -3.19. The van der Waals surface area contributed by atoms with E-state index in [1.54, 1.807) is 13.2 Å². The predicted molar refractivity (Wildman–Crippen MR) is 112 cm³/mol. The third-order valence-corrected chi connectivity index (χ3v) is 5.53. The van der Waals surface area contributed by atoms with Gasteiger partial charge in [-0.25, -0.2) is 9.37 Å². The second kappa shape index (κ2) is 7.91. The van der Waals surface area contributed by atoms with Crippen molar-refractivity contribution in [3.63, 3.8) is 0 Å². The van der Waals surface area contributed by atoms with Gasteiger partial charge in [-0.15, -0.1) is 0 Å². The van der Waals surface area contributed by atoms with Gasteiger partial charge in [-0.3, -0.25) is 4.99 Å². The predicted octanol–water partition coefficient (Wildman–Crippen LogP) is 3.15. The molecule has 0 saturated heterocycles. The van der Waals surface area contributed by atoms with Crippen molar-refractivity contribution in [2.75, 3.05) is 13.7 Å². The number of benzene rings is 1. The summed E-state index contributed by atoms with van der Waals surface area (Å²) in [6.45, 7) is 0.980. The van der Waals surface area contributed by atoms with Crippen molar-refractivity contribution in [3.8, 4) is 0 Å². The summed E-state index contributed by atoms with van der Waals surface area (Å²) in [5.74, 6) is 0.985. The van der Waals surface area contributed by atoms with Crippen molar-refractivity contribution in [2.45, 2.75) is 31.7 Å². The number of nitrogens with zero attached hydrogens (tertiary/aromatic N) is 2. The van der Waals surface area contributed by atoms with E-state index in [0.717, 1.165) is 45.8 Å². The van der Waals surface area contributed by atoms with Crippen molar-refractivity contribution in [1.29, 1.82) is 0 Å². The molecule has 0 amide bonds. The van der Waals surface area contributed by atoms with E-state index in [1.807, 2.05) is 36.5 Å². The normalized spacial score (nSPS) is 19.3. The minimum atomic E-state index is -1.23. The molecule has 1 aliphatic carbocycles. The van der Waals surface area contributed by atoms with Crippen LogP contribution in [-0.2, 0) is 16.1 Å². The number of H-pyrrole nitrogens is 2. The summed E-state index contributed by atoms with van der Waals surface area (Å²) in [6.07, 6.45) is 7.25. The van der Waals surface area contributed by atoms with Crippen LogP contribution in [0.3, 0.4) is 0 Å². The molecule has 0 radical (unpaired) electrons. The number of hydrogen-bond donors (Lipinski definition) is 2. The molecule has 3 heterocycles. The van der Waals surface area contributed by atoms with Gasteiger partial charge >= 0.3 is 0 Å². The average Bonchev–Trinajstić information content (AvgIpc) is 3.38. The summed E-state index contributed by atoms with van der Waals surface area (Å²) < 4.78 is 26.4. The summed E-state index contributed by atoms with van der Waals surface area (Å²) in [5, 5.41) is 1.06. The number of ether oxygens (including phenoxy) is 2. The molecule has 2 atom stereocenters. The summed E-state index contributed by atoms with van der Waals surface area (Å²) in [5.41, 5.74) is 4.55. The molecule has 6 nitrogen and oxygen atoms in total. The fourth-order valence-electron chi connectivity index (χ4n) is 4.09. The Morgan fingerprint density at radius 2 is 2.17 bits per heavy atom. The largest absolute Gasteiger partial charge is 0.487 e. The minimum absolute atomic E-state index is 0.194. The van der Waals surface area contributed by atoms with Crippen LogP contribution in [0.15, 0.2) is 58.9 Å². The lowest BCUT2D eigenvalue weighted by Gasteiger charge is -2.24. The van der Waals surface area contributed by atoms with Crippen LogP contribution in [0, 0.1) is 0 Å². The lowest BCUT2D eigenvalue weighted by molar-refractivity contribution is 0.110. The molecule has 1 aromatic carbocycles. The van der Waals surface area contributed by atoms with E-state index in [2.05, 4.69) is 26.0 Å². The Bertz CT molecular complexity index is 1220. The van der Waals surface area contributed by atoms with Gasteiger partial charge in [-0.05, 0) is 30.2 Å². The van der Waals surface area contributed by atoms with Gasteiger partial charge in [0.25, 0.3) is 0 Å². The van der Waals surface area contributed by atoms with E-state index in [-0.39, 0.29) is 19.1 Å². The number of methoxy groups -OCH3 is 1. The molecule has 0 saturated carbocycles. The smallest absolute Gasteiger partial charge is 0.161 e. The van der Waals surface area contributed by atoms with Crippen molar-refractivity contribution < 1.29 is 13.9 Å². The van der Waals surface area contributed by atoms with Gasteiger partial charge < -0.3 is 19.4 Å². The highest BCUT2D eigenvalue weighted by molar-refractivity contribution is 5.74. The maximum atomic E-state index is 14.9. The van der Waals surface area contributed by atoms with Crippen molar-refractivity contribution >= 4 is 17.1 Å². The van der Waals surface area contributed by atoms with Gasteiger partial charge in [0.1, 0.15) is 29.8 Å². The zero-order valence-corrected chi connectivity index (χ0v) is 16.7. The van der Waals surface area contributed by atoms with Crippen LogP contribution < -0.4 is 10.7 Å². The second-order valence-corrected chi connectivity index (χ2v) is 7.47. The number of aromatic amines is 2. The van der Waals surface area contributed by atoms with Crippen LogP contribution in [0.5, 0.6) is 0 Å². The Morgan fingerprint density at radius 1 is 1.27 bits per heavy atom. The third-order valence-electron chi connectivity index (χ3n) is 5.53. The lowest BCUT2D eigenvalue weighted by atomic mass is 9.93. The first-order valence-electron chi connectivity index (χ1n) is 10.1. The van der Waals surface area contributed by atoms with Crippen LogP contribution in [-0.4, -0.2) is 34.8 Å². The van der Waals surface area contributed by atoms with Gasteiger partial charge in [0.2, 0.25) is 0 Å². The van der Waals surface area contributed by atoms with E-state index in [9.17, 15) is 4.39 Å². The number of aromatic nitrogens is 3. The highest BCUT2D eigenvalue weighted by Gasteiger charge is 2.27. The Balaban J connectivity index is 1.35. The number of hydrogen-bond acceptors (Lipinski definition) is 4. The molecule has 154 valence electrons. The van der Waals surface area contributed by atoms with Crippen molar-refractivity contribution in [1.82, 2.24) is 15.0 Å². The van der Waals surface area contributed by atoms with Gasteiger partial charge in [-0.2, -0.15) is 0 Å². The number of alkyl halides is 1. The SMILES string of the molecule is COC(C1=CC=C(OCc2nc3ccccc3[nH]2)C(F)C1)c1c[nH]c2c1=CCCN=2. The molecule has 3 aromatic rings. The van der Waals surface area contributed by atoms with E-state index in [4.69, 9.17) is 9.47 Å². The molecular formula is C23H23FN4O2.